The normalized spacial score (nSPS) is 10.3. The highest BCUT2D eigenvalue weighted by Gasteiger charge is 2.22. The Bertz CT molecular complexity index is 589. The van der Waals surface area contributed by atoms with Gasteiger partial charge in [0.05, 0.1) is 19.3 Å². The van der Waals surface area contributed by atoms with Crippen LogP contribution in [-0.2, 0) is 4.74 Å². The van der Waals surface area contributed by atoms with E-state index in [1.54, 1.807) is 14.0 Å². The van der Waals surface area contributed by atoms with Gasteiger partial charge in [-0.25, -0.2) is 9.78 Å². The SMILES string of the molecule is CCOC(=O)c1ncoc1-c1cc(C)ccc1OC. The molecule has 1 aromatic carbocycles. The first-order valence-corrected chi connectivity index (χ1v) is 5.93. The number of esters is 1. The van der Waals surface area contributed by atoms with Gasteiger partial charge in [0, 0.05) is 0 Å². The van der Waals surface area contributed by atoms with Crippen molar-refractivity contribution in [2.45, 2.75) is 13.8 Å². The summed E-state index contributed by atoms with van der Waals surface area (Å²) in [4.78, 5) is 15.7. The van der Waals surface area contributed by atoms with E-state index in [4.69, 9.17) is 13.9 Å². The van der Waals surface area contributed by atoms with Crippen molar-refractivity contribution < 1.29 is 18.7 Å². The Balaban J connectivity index is 2.51. The molecule has 0 aliphatic rings. The van der Waals surface area contributed by atoms with Crippen LogP contribution >= 0.6 is 0 Å². The molecule has 0 amide bonds. The number of methoxy groups -OCH3 is 1. The number of ether oxygens (including phenoxy) is 2. The van der Waals surface area contributed by atoms with Crippen molar-refractivity contribution in [1.29, 1.82) is 0 Å². The Labute approximate surface area is 111 Å². The zero-order valence-corrected chi connectivity index (χ0v) is 11.1. The van der Waals surface area contributed by atoms with E-state index in [0.29, 0.717) is 17.1 Å². The summed E-state index contributed by atoms with van der Waals surface area (Å²) in [5, 5.41) is 0. The number of oxazole rings is 1. The second kappa shape index (κ2) is 5.56. The summed E-state index contributed by atoms with van der Waals surface area (Å²) >= 11 is 0. The number of nitrogens with zero attached hydrogens (tertiary/aromatic N) is 1. The van der Waals surface area contributed by atoms with Gasteiger partial charge in [0.15, 0.2) is 17.8 Å². The van der Waals surface area contributed by atoms with Gasteiger partial charge in [0.2, 0.25) is 0 Å². The second-order valence-electron chi connectivity index (χ2n) is 3.95. The third-order valence-electron chi connectivity index (χ3n) is 2.64. The Morgan fingerprint density at radius 1 is 1.42 bits per heavy atom. The van der Waals surface area contributed by atoms with Crippen LogP contribution in [0.3, 0.4) is 0 Å². The molecule has 19 heavy (non-hydrogen) atoms. The van der Waals surface area contributed by atoms with Gasteiger partial charge in [-0.1, -0.05) is 11.6 Å². The maximum atomic E-state index is 11.8. The molecule has 0 bridgehead atoms. The first kappa shape index (κ1) is 13.1. The molecule has 0 radical (unpaired) electrons. The molecule has 1 aromatic heterocycles. The molecular weight excluding hydrogens is 246 g/mol. The van der Waals surface area contributed by atoms with E-state index >= 15 is 0 Å². The smallest absolute Gasteiger partial charge is 0.360 e. The van der Waals surface area contributed by atoms with Gasteiger partial charge in [0.1, 0.15) is 5.75 Å². The van der Waals surface area contributed by atoms with Crippen LogP contribution in [0.1, 0.15) is 23.0 Å². The van der Waals surface area contributed by atoms with Gasteiger partial charge in [-0.2, -0.15) is 0 Å². The average molecular weight is 261 g/mol. The maximum Gasteiger partial charge on any atom is 0.360 e. The van der Waals surface area contributed by atoms with Crippen LogP contribution in [0, 0.1) is 6.92 Å². The van der Waals surface area contributed by atoms with E-state index in [1.165, 1.54) is 6.39 Å². The van der Waals surface area contributed by atoms with Crippen molar-refractivity contribution in [3.05, 3.63) is 35.9 Å². The molecule has 0 atom stereocenters. The average Bonchev–Trinajstić information content (AvgIpc) is 2.88. The molecule has 0 aliphatic carbocycles. The minimum absolute atomic E-state index is 0.158. The lowest BCUT2D eigenvalue weighted by Gasteiger charge is -2.08. The molecule has 0 saturated carbocycles. The van der Waals surface area contributed by atoms with Gasteiger partial charge in [-0.3, -0.25) is 0 Å². The number of aryl methyl sites for hydroxylation is 1. The summed E-state index contributed by atoms with van der Waals surface area (Å²) in [6.07, 6.45) is 1.23. The molecule has 2 rings (SSSR count). The summed E-state index contributed by atoms with van der Waals surface area (Å²) < 4.78 is 15.6. The van der Waals surface area contributed by atoms with E-state index in [-0.39, 0.29) is 12.3 Å². The summed E-state index contributed by atoms with van der Waals surface area (Å²) in [6.45, 7) is 3.98. The second-order valence-corrected chi connectivity index (χ2v) is 3.95. The number of carbonyl (C=O) groups excluding carboxylic acids is 1. The number of carbonyl (C=O) groups is 1. The first-order valence-electron chi connectivity index (χ1n) is 5.93. The molecule has 0 unspecified atom stereocenters. The molecule has 0 spiro atoms. The first-order chi connectivity index (χ1) is 9.17. The van der Waals surface area contributed by atoms with Crippen molar-refractivity contribution in [3.63, 3.8) is 0 Å². The molecule has 0 N–H and O–H groups in total. The quantitative estimate of drug-likeness (QED) is 0.792. The van der Waals surface area contributed by atoms with Crippen LogP contribution in [0.25, 0.3) is 11.3 Å². The van der Waals surface area contributed by atoms with Crippen molar-refractivity contribution >= 4 is 5.97 Å². The van der Waals surface area contributed by atoms with Crippen LogP contribution in [0.2, 0.25) is 0 Å². The third-order valence-corrected chi connectivity index (χ3v) is 2.64. The van der Waals surface area contributed by atoms with E-state index in [0.717, 1.165) is 5.56 Å². The lowest BCUT2D eigenvalue weighted by atomic mass is 10.1. The van der Waals surface area contributed by atoms with Gasteiger partial charge >= 0.3 is 5.97 Å². The fourth-order valence-electron chi connectivity index (χ4n) is 1.78. The fraction of sp³-hybridized carbons (Fsp3) is 0.286. The number of hydrogen-bond acceptors (Lipinski definition) is 5. The highest BCUT2D eigenvalue weighted by atomic mass is 16.5. The molecular formula is C14H15NO4. The Morgan fingerprint density at radius 3 is 2.89 bits per heavy atom. The summed E-state index contributed by atoms with van der Waals surface area (Å²) in [5.74, 6) is 0.474. The lowest BCUT2D eigenvalue weighted by molar-refractivity contribution is 0.0520. The number of benzene rings is 1. The van der Waals surface area contributed by atoms with Crippen LogP contribution in [0.5, 0.6) is 5.75 Å². The van der Waals surface area contributed by atoms with Crippen molar-refractivity contribution in [2.75, 3.05) is 13.7 Å². The standard InChI is InChI=1S/C14H15NO4/c1-4-18-14(16)12-13(19-8-15-12)10-7-9(2)5-6-11(10)17-3/h5-8H,4H2,1-3H3. The molecule has 5 nitrogen and oxygen atoms in total. The molecule has 2 aromatic rings. The van der Waals surface area contributed by atoms with Gasteiger partial charge < -0.3 is 13.9 Å². The van der Waals surface area contributed by atoms with Crippen molar-refractivity contribution in [2.24, 2.45) is 0 Å². The Hall–Kier alpha value is -2.30. The summed E-state index contributed by atoms with van der Waals surface area (Å²) in [7, 11) is 1.56. The number of aromatic nitrogens is 1. The molecule has 0 saturated heterocycles. The highest BCUT2D eigenvalue weighted by Crippen LogP contribution is 2.33. The highest BCUT2D eigenvalue weighted by molar-refractivity contribution is 5.94. The van der Waals surface area contributed by atoms with Gasteiger partial charge in [0.25, 0.3) is 0 Å². The third kappa shape index (κ3) is 2.59. The van der Waals surface area contributed by atoms with Crippen molar-refractivity contribution in [1.82, 2.24) is 4.98 Å². The topological polar surface area (TPSA) is 61.6 Å². The molecule has 1 heterocycles. The van der Waals surface area contributed by atoms with E-state index in [2.05, 4.69) is 4.98 Å². The summed E-state index contributed by atoms with van der Waals surface area (Å²) in [5.41, 5.74) is 1.87. The Kier molecular flexibility index (Phi) is 3.85. The van der Waals surface area contributed by atoms with Crippen LogP contribution < -0.4 is 4.74 Å². The predicted molar refractivity (Wildman–Crippen MR) is 69.2 cm³/mol. The molecule has 100 valence electrons. The van der Waals surface area contributed by atoms with Crippen LogP contribution in [0.15, 0.2) is 29.0 Å². The fourth-order valence-corrected chi connectivity index (χ4v) is 1.78. The maximum absolute atomic E-state index is 11.8. The summed E-state index contributed by atoms with van der Waals surface area (Å²) in [6, 6.07) is 5.62. The minimum atomic E-state index is -0.505. The zero-order chi connectivity index (χ0) is 13.8. The van der Waals surface area contributed by atoms with E-state index < -0.39 is 5.97 Å². The van der Waals surface area contributed by atoms with Crippen LogP contribution in [0.4, 0.5) is 0 Å². The monoisotopic (exact) mass is 261 g/mol. The van der Waals surface area contributed by atoms with Crippen LogP contribution in [-0.4, -0.2) is 24.7 Å². The van der Waals surface area contributed by atoms with E-state index in [9.17, 15) is 4.79 Å². The molecule has 0 aliphatic heterocycles. The lowest BCUT2D eigenvalue weighted by Crippen LogP contribution is -2.06. The van der Waals surface area contributed by atoms with E-state index in [1.807, 2.05) is 25.1 Å². The molecule has 5 heteroatoms. The van der Waals surface area contributed by atoms with Crippen molar-refractivity contribution in [3.8, 4) is 17.1 Å². The van der Waals surface area contributed by atoms with Gasteiger partial charge in [-0.05, 0) is 26.0 Å². The number of hydrogen-bond donors (Lipinski definition) is 0. The molecule has 0 fully saturated rings. The largest absolute Gasteiger partial charge is 0.496 e. The predicted octanol–water partition coefficient (Wildman–Crippen LogP) is 2.84. The zero-order valence-electron chi connectivity index (χ0n) is 11.1. The minimum Gasteiger partial charge on any atom is -0.496 e. The van der Waals surface area contributed by atoms with Gasteiger partial charge in [-0.15, -0.1) is 0 Å². The Morgan fingerprint density at radius 2 is 2.21 bits per heavy atom. The number of rotatable bonds is 4.